The summed E-state index contributed by atoms with van der Waals surface area (Å²) in [6, 6.07) is 0. The van der Waals surface area contributed by atoms with Crippen LogP contribution >= 0.6 is 0 Å². The fraction of sp³-hybridized carbons (Fsp3) is 0. The van der Waals surface area contributed by atoms with E-state index in [0.717, 1.165) is 0 Å². The lowest BCUT2D eigenvalue weighted by molar-refractivity contribution is 0.832. The van der Waals surface area contributed by atoms with Gasteiger partial charge in [0.2, 0.25) is 0 Å². The summed E-state index contributed by atoms with van der Waals surface area (Å²) in [5, 5.41) is 3.81. The SMILES string of the molecule is [CH2][CH]n1cc(N)cn1. The van der Waals surface area contributed by atoms with Crippen molar-refractivity contribution in [1.82, 2.24) is 9.78 Å². The van der Waals surface area contributed by atoms with Gasteiger partial charge < -0.3 is 5.73 Å². The van der Waals surface area contributed by atoms with Gasteiger partial charge in [0.15, 0.2) is 0 Å². The standard InChI is InChI=1S/C5H7N3/c1-2-8-4-5(6)3-7-8/h2-4H,1,6H2. The quantitative estimate of drug-likeness (QED) is 0.564. The van der Waals surface area contributed by atoms with Crippen LogP contribution in [0, 0.1) is 13.5 Å². The van der Waals surface area contributed by atoms with Crippen molar-refractivity contribution in [3.05, 3.63) is 25.9 Å². The summed E-state index contributed by atoms with van der Waals surface area (Å²) in [7, 11) is 0. The van der Waals surface area contributed by atoms with Crippen LogP contribution in [0.3, 0.4) is 0 Å². The predicted molar refractivity (Wildman–Crippen MR) is 31.7 cm³/mol. The van der Waals surface area contributed by atoms with Crippen LogP contribution in [0.2, 0.25) is 0 Å². The Morgan fingerprint density at radius 3 is 2.88 bits per heavy atom. The average molecular weight is 109 g/mol. The number of nitrogens with zero attached hydrogens (tertiary/aromatic N) is 2. The highest BCUT2D eigenvalue weighted by Gasteiger charge is 1.87. The van der Waals surface area contributed by atoms with E-state index in [-0.39, 0.29) is 0 Å². The van der Waals surface area contributed by atoms with Crippen LogP contribution in [0.25, 0.3) is 0 Å². The average Bonchev–Trinajstić information content (AvgIpc) is 2.14. The zero-order chi connectivity index (χ0) is 5.98. The Bertz CT molecular complexity index is 168. The molecule has 0 bridgehead atoms. The number of aromatic nitrogens is 2. The minimum absolute atomic E-state index is 0.657. The summed E-state index contributed by atoms with van der Waals surface area (Å²) < 4.78 is 1.55. The molecule has 0 saturated carbocycles. The van der Waals surface area contributed by atoms with E-state index in [1.807, 2.05) is 0 Å². The summed E-state index contributed by atoms with van der Waals surface area (Å²) in [5.74, 6) is 0. The smallest absolute Gasteiger partial charge is 0.0744 e. The molecule has 0 aliphatic carbocycles. The van der Waals surface area contributed by atoms with E-state index in [4.69, 9.17) is 5.73 Å². The molecule has 0 atom stereocenters. The molecule has 1 aromatic rings. The van der Waals surface area contributed by atoms with Crippen molar-refractivity contribution in [1.29, 1.82) is 0 Å². The normalized spacial score (nSPS) is 9.62. The monoisotopic (exact) mass is 109 g/mol. The molecule has 1 heterocycles. The minimum atomic E-state index is 0.657. The minimum Gasteiger partial charge on any atom is -0.396 e. The van der Waals surface area contributed by atoms with Crippen molar-refractivity contribution in [2.45, 2.75) is 0 Å². The molecular formula is C5H7N3. The van der Waals surface area contributed by atoms with Gasteiger partial charge in [-0.1, -0.05) is 0 Å². The Kier molecular flexibility index (Phi) is 1.20. The number of nitrogen functional groups attached to an aromatic ring is 1. The number of hydrogen-bond donors (Lipinski definition) is 1. The Balaban J connectivity index is 2.84. The van der Waals surface area contributed by atoms with E-state index >= 15 is 0 Å². The van der Waals surface area contributed by atoms with E-state index in [2.05, 4.69) is 12.0 Å². The largest absolute Gasteiger partial charge is 0.396 e. The Labute approximate surface area is 48.1 Å². The molecule has 0 aromatic carbocycles. The van der Waals surface area contributed by atoms with Gasteiger partial charge in [0, 0.05) is 6.20 Å². The summed E-state index contributed by atoms with van der Waals surface area (Å²) in [5.41, 5.74) is 5.98. The summed E-state index contributed by atoms with van der Waals surface area (Å²) in [6.07, 6.45) is 3.26. The molecule has 8 heavy (non-hydrogen) atoms. The molecule has 0 unspecified atom stereocenters. The predicted octanol–water partition coefficient (Wildman–Crippen LogP) is 0.309. The third kappa shape index (κ3) is 0.804. The van der Waals surface area contributed by atoms with Crippen molar-refractivity contribution in [3.8, 4) is 0 Å². The third-order valence-electron chi connectivity index (χ3n) is 0.809. The number of rotatable bonds is 1. The molecule has 3 heteroatoms. The molecule has 0 fully saturated rings. The molecule has 1 rings (SSSR count). The maximum atomic E-state index is 5.32. The Hall–Kier alpha value is -0.990. The van der Waals surface area contributed by atoms with Crippen LogP contribution in [-0.4, -0.2) is 9.78 Å². The lowest BCUT2D eigenvalue weighted by Crippen LogP contribution is -1.89. The van der Waals surface area contributed by atoms with Gasteiger partial charge in [-0.15, -0.1) is 0 Å². The third-order valence-corrected chi connectivity index (χ3v) is 0.809. The number of hydrogen-bond acceptors (Lipinski definition) is 2. The molecule has 2 N–H and O–H groups in total. The molecule has 3 nitrogen and oxygen atoms in total. The zero-order valence-corrected chi connectivity index (χ0v) is 4.41. The van der Waals surface area contributed by atoms with Gasteiger partial charge >= 0.3 is 0 Å². The fourth-order valence-corrected chi connectivity index (χ4v) is 0.453. The molecular weight excluding hydrogens is 102 g/mol. The van der Waals surface area contributed by atoms with E-state index in [1.54, 1.807) is 23.6 Å². The first-order chi connectivity index (χ1) is 3.83. The van der Waals surface area contributed by atoms with E-state index < -0.39 is 0 Å². The van der Waals surface area contributed by atoms with Crippen LogP contribution < -0.4 is 5.73 Å². The van der Waals surface area contributed by atoms with Gasteiger partial charge in [0.05, 0.1) is 18.4 Å². The summed E-state index contributed by atoms with van der Waals surface area (Å²) in [4.78, 5) is 0. The second-order valence-corrected chi connectivity index (χ2v) is 1.44. The number of nitrogens with two attached hydrogens (primary N) is 1. The van der Waals surface area contributed by atoms with E-state index in [9.17, 15) is 0 Å². The first-order valence-corrected chi connectivity index (χ1v) is 2.25. The van der Waals surface area contributed by atoms with Gasteiger partial charge in [0.1, 0.15) is 0 Å². The van der Waals surface area contributed by atoms with E-state index in [0.29, 0.717) is 5.69 Å². The molecule has 0 saturated heterocycles. The lowest BCUT2D eigenvalue weighted by Gasteiger charge is -1.87. The van der Waals surface area contributed by atoms with Crippen molar-refractivity contribution in [2.24, 2.45) is 0 Å². The van der Waals surface area contributed by atoms with Gasteiger partial charge in [-0.25, -0.2) is 0 Å². The highest BCUT2D eigenvalue weighted by Crippen LogP contribution is 1.96. The van der Waals surface area contributed by atoms with Crippen LogP contribution in [0.1, 0.15) is 0 Å². The molecule has 1 aromatic heterocycles. The zero-order valence-electron chi connectivity index (χ0n) is 4.41. The van der Waals surface area contributed by atoms with Crippen molar-refractivity contribution in [3.63, 3.8) is 0 Å². The second-order valence-electron chi connectivity index (χ2n) is 1.44. The summed E-state index contributed by atoms with van der Waals surface area (Å²) in [6.45, 7) is 5.07. The molecule has 0 spiro atoms. The van der Waals surface area contributed by atoms with Crippen LogP contribution in [0.5, 0.6) is 0 Å². The maximum absolute atomic E-state index is 5.32. The number of anilines is 1. The molecule has 0 aliphatic heterocycles. The lowest BCUT2D eigenvalue weighted by atomic mass is 10.6. The van der Waals surface area contributed by atoms with Crippen LogP contribution in [-0.2, 0) is 0 Å². The Morgan fingerprint density at radius 1 is 1.88 bits per heavy atom. The van der Waals surface area contributed by atoms with Crippen LogP contribution in [0.15, 0.2) is 12.4 Å². The first-order valence-electron chi connectivity index (χ1n) is 2.25. The van der Waals surface area contributed by atoms with Gasteiger partial charge in [0.25, 0.3) is 0 Å². The molecule has 42 valence electrons. The van der Waals surface area contributed by atoms with Crippen molar-refractivity contribution < 1.29 is 0 Å². The summed E-state index contributed by atoms with van der Waals surface area (Å²) >= 11 is 0. The molecule has 0 amide bonds. The van der Waals surface area contributed by atoms with Crippen molar-refractivity contribution in [2.75, 3.05) is 5.73 Å². The topological polar surface area (TPSA) is 43.8 Å². The maximum Gasteiger partial charge on any atom is 0.0744 e. The molecule has 2 radical (unpaired) electrons. The van der Waals surface area contributed by atoms with Gasteiger partial charge in [-0.3, -0.25) is 4.68 Å². The second kappa shape index (κ2) is 1.86. The molecule has 0 aliphatic rings. The van der Waals surface area contributed by atoms with E-state index in [1.165, 1.54) is 0 Å². The van der Waals surface area contributed by atoms with Crippen molar-refractivity contribution >= 4 is 5.69 Å². The van der Waals surface area contributed by atoms with Gasteiger partial charge in [-0.05, 0) is 6.92 Å². The first kappa shape index (κ1) is 5.15. The van der Waals surface area contributed by atoms with Crippen LogP contribution in [0.4, 0.5) is 5.69 Å². The van der Waals surface area contributed by atoms with Gasteiger partial charge in [-0.2, -0.15) is 5.10 Å². The highest BCUT2D eigenvalue weighted by atomic mass is 15.3. The Morgan fingerprint density at radius 2 is 2.62 bits per heavy atom. The highest BCUT2D eigenvalue weighted by molar-refractivity contribution is 5.30. The fourth-order valence-electron chi connectivity index (χ4n) is 0.453.